The average molecular weight is 362 g/mol. The van der Waals surface area contributed by atoms with Crippen LogP contribution in [0.5, 0.6) is 0 Å². The second-order valence-electron chi connectivity index (χ2n) is 7.83. The van der Waals surface area contributed by atoms with Gasteiger partial charge in [-0.1, -0.05) is 0 Å². The van der Waals surface area contributed by atoms with Crippen molar-refractivity contribution in [3.63, 3.8) is 0 Å². The molecule has 1 spiro atoms. The maximum absolute atomic E-state index is 13.0. The second-order valence-corrected chi connectivity index (χ2v) is 8.75. The van der Waals surface area contributed by atoms with E-state index in [2.05, 4.69) is 5.32 Å². The fourth-order valence-electron chi connectivity index (χ4n) is 4.19. The van der Waals surface area contributed by atoms with Crippen LogP contribution in [0.15, 0.2) is 11.4 Å². The van der Waals surface area contributed by atoms with Crippen LogP contribution in [-0.4, -0.2) is 49.6 Å². The standard InChI is InChI=1S/C19H26N2O3S/c1-13-4-9-25-16(13)18(23)21-11-15(17(22)20-10-14-2-3-14)19(12-21)5-7-24-8-6-19/h4,9,14-15H,2-3,5-8,10-12H2,1H3,(H,20,22)/t15-/m0/s1. The number of hydrogen-bond acceptors (Lipinski definition) is 4. The van der Waals surface area contributed by atoms with Crippen LogP contribution in [0.2, 0.25) is 0 Å². The fourth-order valence-corrected chi connectivity index (χ4v) is 5.09. The van der Waals surface area contributed by atoms with E-state index in [0.29, 0.717) is 32.2 Å². The first kappa shape index (κ1) is 17.0. The third-order valence-corrected chi connectivity index (χ3v) is 7.06. The van der Waals surface area contributed by atoms with Gasteiger partial charge in [-0.2, -0.15) is 0 Å². The molecule has 2 aliphatic heterocycles. The van der Waals surface area contributed by atoms with E-state index in [1.54, 1.807) is 0 Å². The SMILES string of the molecule is Cc1ccsc1C(=O)N1C[C@@H](C(=O)NCC2CC2)C2(CCOCC2)C1. The lowest BCUT2D eigenvalue weighted by molar-refractivity contribution is -0.129. The van der Waals surface area contributed by atoms with Gasteiger partial charge in [0.1, 0.15) is 0 Å². The molecule has 1 N–H and O–H groups in total. The Morgan fingerprint density at radius 2 is 2.12 bits per heavy atom. The van der Waals surface area contributed by atoms with Crippen LogP contribution >= 0.6 is 11.3 Å². The monoisotopic (exact) mass is 362 g/mol. The number of likely N-dealkylation sites (tertiary alicyclic amines) is 1. The number of carbonyl (C=O) groups excluding carboxylic acids is 2. The van der Waals surface area contributed by atoms with Crippen LogP contribution in [0.3, 0.4) is 0 Å². The highest BCUT2D eigenvalue weighted by atomic mass is 32.1. The molecule has 2 saturated heterocycles. The summed E-state index contributed by atoms with van der Waals surface area (Å²) < 4.78 is 5.55. The zero-order valence-electron chi connectivity index (χ0n) is 14.8. The van der Waals surface area contributed by atoms with Gasteiger partial charge in [-0.05, 0) is 55.5 Å². The van der Waals surface area contributed by atoms with Crippen molar-refractivity contribution in [1.29, 1.82) is 0 Å². The summed E-state index contributed by atoms with van der Waals surface area (Å²) in [7, 11) is 0. The summed E-state index contributed by atoms with van der Waals surface area (Å²) in [5, 5.41) is 5.11. The maximum atomic E-state index is 13.0. The van der Waals surface area contributed by atoms with Gasteiger partial charge in [-0.25, -0.2) is 0 Å². The smallest absolute Gasteiger partial charge is 0.264 e. The van der Waals surface area contributed by atoms with Crippen molar-refractivity contribution >= 4 is 23.2 Å². The lowest BCUT2D eigenvalue weighted by atomic mass is 9.71. The third kappa shape index (κ3) is 3.34. The van der Waals surface area contributed by atoms with E-state index in [-0.39, 0.29) is 23.1 Å². The topological polar surface area (TPSA) is 58.6 Å². The summed E-state index contributed by atoms with van der Waals surface area (Å²) in [6, 6.07) is 1.98. The van der Waals surface area contributed by atoms with Gasteiger partial charge >= 0.3 is 0 Å². The summed E-state index contributed by atoms with van der Waals surface area (Å²) in [6.07, 6.45) is 4.18. The molecular weight excluding hydrogens is 336 g/mol. The Labute approximate surface area is 152 Å². The Hall–Kier alpha value is -1.40. The molecule has 1 aliphatic carbocycles. The number of hydrogen-bond donors (Lipinski definition) is 1. The van der Waals surface area contributed by atoms with E-state index in [1.165, 1.54) is 24.2 Å². The van der Waals surface area contributed by atoms with Gasteiger partial charge in [-0.15, -0.1) is 11.3 Å². The largest absolute Gasteiger partial charge is 0.381 e. The lowest BCUT2D eigenvalue weighted by Crippen LogP contribution is -2.44. The van der Waals surface area contributed by atoms with Crippen molar-refractivity contribution in [2.75, 3.05) is 32.8 Å². The Kier molecular flexibility index (Phi) is 4.58. The van der Waals surface area contributed by atoms with E-state index in [9.17, 15) is 9.59 Å². The van der Waals surface area contributed by atoms with Crippen molar-refractivity contribution in [1.82, 2.24) is 10.2 Å². The highest BCUT2D eigenvalue weighted by Crippen LogP contribution is 2.45. The number of amides is 2. The van der Waals surface area contributed by atoms with Gasteiger partial charge in [-0.3, -0.25) is 9.59 Å². The Balaban J connectivity index is 1.52. The van der Waals surface area contributed by atoms with E-state index < -0.39 is 0 Å². The van der Waals surface area contributed by atoms with Gasteiger partial charge in [0.15, 0.2) is 0 Å². The molecule has 25 heavy (non-hydrogen) atoms. The molecule has 0 aromatic carbocycles. The van der Waals surface area contributed by atoms with Gasteiger partial charge < -0.3 is 15.0 Å². The minimum atomic E-state index is -0.118. The molecule has 4 rings (SSSR count). The summed E-state index contributed by atoms with van der Waals surface area (Å²) in [4.78, 5) is 28.6. The lowest BCUT2D eigenvalue weighted by Gasteiger charge is -2.37. The predicted octanol–water partition coefficient (Wildman–Crippen LogP) is 2.45. The summed E-state index contributed by atoms with van der Waals surface area (Å²) >= 11 is 1.50. The number of aryl methyl sites for hydroxylation is 1. The van der Waals surface area contributed by atoms with Crippen LogP contribution in [0, 0.1) is 24.2 Å². The molecule has 1 saturated carbocycles. The van der Waals surface area contributed by atoms with Crippen LogP contribution in [-0.2, 0) is 9.53 Å². The Morgan fingerprint density at radius 3 is 2.76 bits per heavy atom. The van der Waals surface area contributed by atoms with Gasteiger partial charge in [0.05, 0.1) is 10.8 Å². The number of carbonyl (C=O) groups is 2. The van der Waals surface area contributed by atoms with Gasteiger partial charge in [0, 0.05) is 38.3 Å². The Bertz CT molecular complexity index is 661. The van der Waals surface area contributed by atoms with E-state index in [1.807, 2.05) is 23.3 Å². The molecule has 5 nitrogen and oxygen atoms in total. The molecule has 3 heterocycles. The van der Waals surface area contributed by atoms with E-state index in [4.69, 9.17) is 4.74 Å². The minimum absolute atomic E-state index is 0.0795. The summed E-state index contributed by atoms with van der Waals surface area (Å²) in [5.74, 6) is 0.768. The van der Waals surface area contributed by atoms with Crippen molar-refractivity contribution < 1.29 is 14.3 Å². The van der Waals surface area contributed by atoms with Gasteiger partial charge in [0.25, 0.3) is 5.91 Å². The van der Waals surface area contributed by atoms with E-state index >= 15 is 0 Å². The molecule has 1 atom stereocenters. The molecule has 0 unspecified atom stereocenters. The molecular formula is C19H26N2O3S. The first-order valence-corrected chi connectivity index (χ1v) is 10.2. The second kappa shape index (κ2) is 6.72. The molecule has 136 valence electrons. The first-order valence-electron chi connectivity index (χ1n) is 9.28. The van der Waals surface area contributed by atoms with Crippen molar-refractivity contribution in [3.8, 4) is 0 Å². The minimum Gasteiger partial charge on any atom is -0.381 e. The fraction of sp³-hybridized carbons (Fsp3) is 0.684. The average Bonchev–Trinajstić information content (AvgIpc) is 3.25. The molecule has 3 aliphatic rings. The highest BCUT2D eigenvalue weighted by molar-refractivity contribution is 7.12. The summed E-state index contributed by atoms with van der Waals surface area (Å²) in [5.41, 5.74) is 0.907. The van der Waals surface area contributed by atoms with Crippen molar-refractivity contribution in [2.24, 2.45) is 17.3 Å². The molecule has 1 aromatic heterocycles. The number of ether oxygens (including phenoxy) is 1. The van der Waals surface area contributed by atoms with Crippen LogP contribution in [0.25, 0.3) is 0 Å². The molecule has 0 radical (unpaired) electrons. The van der Waals surface area contributed by atoms with Crippen LogP contribution in [0.4, 0.5) is 0 Å². The van der Waals surface area contributed by atoms with E-state index in [0.717, 1.165) is 29.8 Å². The third-order valence-electron chi connectivity index (χ3n) is 6.06. The molecule has 3 fully saturated rings. The molecule has 2 amide bonds. The highest BCUT2D eigenvalue weighted by Gasteiger charge is 2.52. The molecule has 0 bridgehead atoms. The van der Waals surface area contributed by atoms with Crippen LogP contribution in [0.1, 0.15) is 40.9 Å². The zero-order valence-corrected chi connectivity index (χ0v) is 15.6. The number of nitrogens with zero attached hydrogens (tertiary/aromatic N) is 1. The zero-order chi connectivity index (χ0) is 17.4. The molecule has 1 aromatic rings. The molecule has 6 heteroatoms. The number of thiophene rings is 1. The summed E-state index contributed by atoms with van der Waals surface area (Å²) in [6.45, 7) is 5.35. The van der Waals surface area contributed by atoms with Crippen LogP contribution < -0.4 is 5.32 Å². The van der Waals surface area contributed by atoms with Gasteiger partial charge in [0.2, 0.25) is 5.91 Å². The normalized spacial score (nSPS) is 25.3. The van der Waals surface area contributed by atoms with Crippen molar-refractivity contribution in [3.05, 3.63) is 21.9 Å². The maximum Gasteiger partial charge on any atom is 0.264 e. The Morgan fingerprint density at radius 1 is 1.36 bits per heavy atom. The number of nitrogens with one attached hydrogen (secondary N) is 1. The van der Waals surface area contributed by atoms with Crippen molar-refractivity contribution in [2.45, 2.75) is 32.6 Å². The first-order chi connectivity index (χ1) is 12.1. The quantitative estimate of drug-likeness (QED) is 0.895. The predicted molar refractivity (Wildman–Crippen MR) is 96.7 cm³/mol. The number of rotatable bonds is 4.